The fraction of sp³-hybridized carbons (Fsp3) is 0.360. The molecule has 16 heteroatoms. The standard InChI is InChI=1S/C25H22F7N7O2/c1-13(38-41-19-6-9-33-22(36-19)25(30,31)32)16-12-34-14(2)35-20(16)15-7-10-39(11-8-15)23(40)37-21-17(24(27,28)29)4-3-5-18(21)26/h3-6,9,12,15H,7-8,10-11H2,1-2H3,(H,37,40)/b38-13+. The minimum atomic E-state index is -4.86. The molecule has 1 aliphatic heterocycles. The molecule has 0 unspecified atom stereocenters. The SMILES string of the molecule is C/C(=N\Oc1ccnc(C(F)(F)F)n1)c1cnc(C)nc1C1CCN(C(=O)Nc2c(F)cccc2C(F)(F)F)CC1. The molecule has 0 aliphatic carbocycles. The molecule has 1 aromatic carbocycles. The summed E-state index contributed by atoms with van der Waals surface area (Å²) in [5.74, 6) is -2.82. The van der Waals surface area contributed by atoms with Gasteiger partial charge in [-0.1, -0.05) is 11.2 Å². The smallest absolute Gasteiger partial charge is 0.336 e. The molecule has 218 valence electrons. The maximum Gasteiger partial charge on any atom is 0.451 e. The zero-order valence-corrected chi connectivity index (χ0v) is 21.5. The Labute approximate surface area is 228 Å². The number of carbonyl (C=O) groups is 1. The van der Waals surface area contributed by atoms with Gasteiger partial charge in [-0.3, -0.25) is 0 Å². The number of nitrogens with one attached hydrogen (secondary N) is 1. The molecule has 0 atom stereocenters. The number of likely N-dealkylation sites (tertiary alicyclic amines) is 1. The molecule has 1 fully saturated rings. The van der Waals surface area contributed by atoms with Gasteiger partial charge in [-0.2, -0.15) is 31.3 Å². The zero-order chi connectivity index (χ0) is 29.9. The van der Waals surface area contributed by atoms with Crippen LogP contribution in [-0.2, 0) is 12.4 Å². The monoisotopic (exact) mass is 585 g/mol. The highest BCUT2D eigenvalue weighted by atomic mass is 19.4. The van der Waals surface area contributed by atoms with E-state index in [1.165, 1.54) is 11.1 Å². The second-order valence-electron chi connectivity index (χ2n) is 9.05. The number of hydrogen-bond acceptors (Lipinski definition) is 7. The number of halogens is 7. The Balaban J connectivity index is 1.47. The van der Waals surface area contributed by atoms with E-state index >= 15 is 0 Å². The molecule has 1 saturated heterocycles. The lowest BCUT2D eigenvalue weighted by Gasteiger charge is -2.32. The number of nitrogens with zero attached hydrogens (tertiary/aromatic N) is 6. The number of rotatable bonds is 5. The van der Waals surface area contributed by atoms with Crippen LogP contribution in [0.3, 0.4) is 0 Å². The van der Waals surface area contributed by atoms with Crippen LogP contribution in [-0.4, -0.2) is 49.7 Å². The van der Waals surface area contributed by atoms with Gasteiger partial charge in [-0.15, -0.1) is 0 Å². The number of aromatic nitrogens is 4. The van der Waals surface area contributed by atoms with E-state index < -0.39 is 47.2 Å². The Morgan fingerprint density at radius 1 is 1.05 bits per heavy atom. The summed E-state index contributed by atoms with van der Waals surface area (Å²) in [6.45, 7) is 3.45. The maximum absolute atomic E-state index is 14.2. The van der Waals surface area contributed by atoms with Crippen molar-refractivity contribution in [3.8, 4) is 5.88 Å². The third-order valence-corrected chi connectivity index (χ3v) is 6.21. The summed E-state index contributed by atoms with van der Waals surface area (Å²) >= 11 is 0. The summed E-state index contributed by atoms with van der Waals surface area (Å²) < 4.78 is 92.7. The third-order valence-electron chi connectivity index (χ3n) is 6.21. The van der Waals surface area contributed by atoms with Crippen molar-refractivity contribution in [2.24, 2.45) is 5.16 Å². The zero-order valence-electron chi connectivity index (χ0n) is 21.5. The summed E-state index contributed by atoms with van der Waals surface area (Å²) in [4.78, 5) is 34.2. The average Bonchev–Trinajstić information content (AvgIpc) is 2.92. The minimum Gasteiger partial charge on any atom is -0.336 e. The molecule has 0 saturated carbocycles. The fourth-order valence-corrected chi connectivity index (χ4v) is 4.20. The van der Waals surface area contributed by atoms with Gasteiger partial charge in [-0.25, -0.2) is 24.1 Å². The minimum absolute atomic E-state index is 0.128. The Kier molecular flexibility index (Phi) is 8.39. The van der Waals surface area contributed by atoms with Gasteiger partial charge in [-0.05, 0) is 38.8 Å². The van der Waals surface area contributed by atoms with E-state index in [4.69, 9.17) is 4.84 Å². The Morgan fingerprint density at radius 2 is 1.76 bits per heavy atom. The lowest BCUT2D eigenvalue weighted by atomic mass is 9.90. The molecule has 3 heterocycles. The molecule has 0 radical (unpaired) electrons. The van der Waals surface area contributed by atoms with E-state index in [1.807, 2.05) is 5.32 Å². The third kappa shape index (κ3) is 7.05. The lowest BCUT2D eigenvalue weighted by Crippen LogP contribution is -2.41. The van der Waals surface area contributed by atoms with Gasteiger partial charge in [0.15, 0.2) is 0 Å². The molecule has 0 bridgehead atoms. The molecule has 0 spiro atoms. The molecular formula is C25H22F7N7O2. The van der Waals surface area contributed by atoms with Crippen LogP contribution in [0.15, 0.2) is 41.8 Å². The van der Waals surface area contributed by atoms with Gasteiger partial charge >= 0.3 is 18.4 Å². The van der Waals surface area contributed by atoms with Crippen LogP contribution in [0.25, 0.3) is 0 Å². The van der Waals surface area contributed by atoms with Crippen LogP contribution in [0.1, 0.15) is 54.2 Å². The highest BCUT2D eigenvalue weighted by molar-refractivity contribution is 5.99. The van der Waals surface area contributed by atoms with Crippen molar-refractivity contribution < 1.29 is 40.4 Å². The number of aryl methyl sites for hydroxylation is 1. The first-order valence-electron chi connectivity index (χ1n) is 12.1. The predicted octanol–water partition coefficient (Wildman–Crippen LogP) is 5.97. The maximum atomic E-state index is 14.2. The van der Waals surface area contributed by atoms with Gasteiger partial charge in [0.1, 0.15) is 11.6 Å². The van der Waals surface area contributed by atoms with E-state index in [0.29, 0.717) is 36.0 Å². The van der Waals surface area contributed by atoms with Gasteiger partial charge in [0.05, 0.1) is 22.7 Å². The van der Waals surface area contributed by atoms with E-state index in [1.54, 1.807) is 13.8 Å². The average molecular weight is 585 g/mol. The molecule has 9 nitrogen and oxygen atoms in total. The summed E-state index contributed by atoms with van der Waals surface area (Å²) in [5, 5.41) is 5.92. The molecular weight excluding hydrogens is 563 g/mol. The number of para-hydroxylation sites is 1. The van der Waals surface area contributed by atoms with E-state index in [-0.39, 0.29) is 24.7 Å². The van der Waals surface area contributed by atoms with Crippen molar-refractivity contribution in [2.75, 3.05) is 18.4 Å². The Morgan fingerprint density at radius 3 is 2.41 bits per heavy atom. The van der Waals surface area contributed by atoms with Gasteiger partial charge < -0.3 is 15.1 Å². The topological polar surface area (TPSA) is 105 Å². The van der Waals surface area contributed by atoms with Crippen molar-refractivity contribution in [2.45, 2.75) is 45.0 Å². The number of oxime groups is 1. The molecule has 3 aromatic rings. The number of amides is 2. The van der Waals surface area contributed by atoms with Crippen molar-refractivity contribution in [3.63, 3.8) is 0 Å². The fourth-order valence-electron chi connectivity index (χ4n) is 4.20. The van der Waals surface area contributed by atoms with Crippen molar-refractivity contribution in [1.29, 1.82) is 0 Å². The van der Waals surface area contributed by atoms with Crippen LogP contribution < -0.4 is 10.2 Å². The number of piperidine rings is 1. The Hall–Kier alpha value is -4.37. The van der Waals surface area contributed by atoms with Crippen LogP contribution in [0, 0.1) is 12.7 Å². The van der Waals surface area contributed by atoms with Crippen molar-refractivity contribution in [3.05, 3.63) is 70.9 Å². The van der Waals surface area contributed by atoms with Crippen LogP contribution in [0.4, 0.5) is 41.2 Å². The Bertz CT molecular complexity index is 1450. The van der Waals surface area contributed by atoms with E-state index in [0.717, 1.165) is 24.4 Å². The first-order valence-corrected chi connectivity index (χ1v) is 12.1. The lowest BCUT2D eigenvalue weighted by molar-refractivity contribution is -0.145. The van der Waals surface area contributed by atoms with Gasteiger partial charge in [0, 0.05) is 43.0 Å². The quantitative estimate of drug-likeness (QED) is 0.225. The molecule has 1 N–H and O–H groups in total. The molecule has 2 amide bonds. The molecule has 1 aliphatic rings. The van der Waals surface area contributed by atoms with Crippen LogP contribution in [0.5, 0.6) is 5.88 Å². The first kappa shape index (κ1) is 29.6. The molecule has 4 rings (SSSR count). The number of benzene rings is 1. The van der Waals surface area contributed by atoms with Gasteiger partial charge in [0.2, 0.25) is 5.82 Å². The summed E-state index contributed by atoms with van der Waals surface area (Å²) in [6.07, 6.45) is -6.55. The highest BCUT2D eigenvalue weighted by Crippen LogP contribution is 2.37. The normalized spacial score (nSPS) is 15.1. The number of anilines is 1. The molecule has 2 aromatic heterocycles. The summed E-state index contributed by atoms with van der Waals surface area (Å²) in [5.41, 5.74) is -1.000. The predicted molar refractivity (Wildman–Crippen MR) is 131 cm³/mol. The number of carbonyl (C=O) groups excluding carboxylic acids is 1. The second kappa shape index (κ2) is 11.6. The summed E-state index contributed by atoms with van der Waals surface area (Å²) in [6, 6.07) is 2.64. The second-order valence-corrected chi connectivity index (χ2v) is 9.05. The van der Waals surface area contributed by atoms with Gasteiger partial charge in [0.25, 0.3) is 5.88 Å². The van der Waals surface area contributed by atoms with Crippen LogP contribution in [0.2, 0.25) is 0 Å². The number of hydrogen-bond donors (Lipinski definition) is 1. The van der Waals surface area contributed by atoms with Crippen molar-refractivity contribution >= 4 is 17.4 Å². The van der Waals surface area contributed by atoms with Crippen LogP contribution >= 0.6 is 0 Å². The largest absolute Gasteiger partial charge is 0.451 e. The number of alkyl halides is 6. The van der Waals surface area contributed by atoms with E-state index in [9.17, 15) is 35.5 Å². The van der Waals surface area contributed by atoms with E-state index in [2.05, 4.69) is 25.1 Å². The highest BCUT2D eigenvalue weighted by Gasteiger charge is 2.37. The summed E-state index contributed by atoms with van der Waals surface area (Å²) in [7, 11) is 0. The molecule has 41 heavy (non-hydrogen) atoms. The van der Waals surface area contributed by atoms with Crippen molar-refractivity contribution in [1.82, 2.24) is 24.8 Å². The number of urea groups is 1. The first-order chi connectivity index (χ1) is 19.2.